The number of aromatic nitrogens is 1. The molecule has 5 heteroatoms. The second kappa shape index (κ2) is 6.20. The van der Waals surface area contributed by atoms with Gasteiger partial charge in [-0.05, 0) is 31.5 Å². The average molecular weight is 293 g/mol. The van der Waals surface area contributed by atoms with E-state index in [1.807, 2.05) is 26.0 Å². The first-order valence-corrected chi connectivity index (χ1v) is 6.75. The molecule has 0 unspecified atom stereocenters. The van der Waals surface area contributed by atoms with Crippen LogP contribution in [0.1, 0.15) is 21.5 Å². The minimum atomic E-state index is -0.236. The topological polar surface area (TPSA) is 51.2 Å². The van der Waals surface area contributed by atoms with Crippen LogP contribution in [0.4, 0.5) is 0 Å². The maximum atomic E-state index is 12.1. The van der Waals surface area contributed by atoms with Gasteiger partial charge in [-0.3, -0.25) is 4.79 Å². The second-order valence-electron chi connectivity index (χ2n) is 4.73. The Morgan fingerprint density at radius 3 is 2.80 bits per heavy atom. The number of nitrogens with one attached hydrogen (secondary N) is 1. The summed E-state index contributed by atoms with van der Waals surface area (Å²) in [4.78, 5) is 16.4. The van der Waals surface area contributed by atoms with Crippen LogP contribution in [-0.2, 0) is 4.74 Å². The van der Waals surface area contributed by atoms with E-state index >= 15 is 0 Å². The van der Waals surface area contributed by atoms with Crippen molar-refractivity contribution in [1.29, 1.82) is 0 Å². The van der Waals surface area contributed by atoms with Crippen LogP contribution in [0.5, 0.6) is 0 Å². The molecule has 0 radical (unpaired) electrons. The fourth-order valence-electron chi connectivity index (χ4n) is 2.15. The fraction of sp³-hybridized carbons (Fsp3) is 0.333. The summed E-state index contributed by atoms with van der Waals surface area (Å²) < 4.78 is 4.90. The molecule has 4 nitrogen and oxygen atoms in total. The summed E-state index contributed by atoms with van der Waals surface area (Å²) >= 11 is 6.12. The highest BCUT2D eigenvalue weighted by molar-refractivity contribution is 6.33. The summed E-state index contributed by atoms with van der Waals surface area (Å²) in [6, 6.07) is 5.83. The third-order valence-electron chi connectivity index (χ3n) is 3.04. The number of rotatable bonds is 4. The molecule has 2 rings (SSSR count). The summed E-state index contributed by atoms with van der Waals surface area (Å²) in [6.45, 7) is 4.90. The lowest BCUT2D eigenvalue weighted by atomic mass is 10.1. The van der Waals surface area contributed by atoms with Gasteiger partial charge in [-0.2, -0.15) is 0 Å². The lowest BCUT2D eigenvalue weighted by Crippen LogP contribution is -2.27. The monoisotopic (exact) mass is 292 g/mol. The lowest BCUT2D eigenvalue weighted by Gasteiger charge is -2.09. The van der Waals surface area contributed by atoms with Crippen LogP contribution in [0.3, 0.4) is 0 Å². The van der Waals surface area contributed by atoms with E-state index < -0.39 is 0 Å². The third kappa shape index (κ3) is 3.08. The van der Waals surface area contributed by atoms with Crippen molar-refractivity contribution in [3.63, 3.8) is 0 Å². The van der Waals surface area contributed by atoms with Crippen LogP contribution in [0, 0.1) is 13.8 Å². The Balaban J connectivity index is 2.39. The van der Waals surface area contributed by atoms with Gasteiger partial charge in [-0.15, -0.1) is 0 Å². The largest absolute Gasteiger partial charge is 0.383 e. The number of halogens is 1. The Morgan fingerprint density at radius 2 is 2.10 bits per heavy atom. The minimum Gasteiger partial charge on any atom is -0.383 e. The van der Waals surface area contributed by atoms with Crippen molar-refractivity contribution in [2.75, 3.05) is 20.3 Å². The molecule has 1 aromatic heterocycles. The van der Waals surface area contributed by atoms with Crippen LogP contribution < -0.4 is 5.32 Å². The lowest BCUT2D eigenvalue weighted by molar-refractivity contribution is 0.0937. The van der Waals surface area contributed by atoms with Crippen LogP contribution in [0.15, 0.2) is 18.2 Å². The fourth-order valence-corrected chi connectivity index (χ4v) is 2.38. The molecule has 106 valence electrons. The number of methoxy groups -OCH3 is 1. The molecule has 0 saturated carbocycles. The molecule has 0 aliphatic heterocycles. The van der Waals surface area contributed by atoms with Gasteiger partial charge in [0.1, 0.15) is 5.15 Å². The highest BCUT2D eigenvalue weighted by atomic mass is 35.5. The van der Waals surface area contributed by atoms with Crippen molar-refractivity contribution in [3.05, 3.63) is 40.0 Å². The van der Waals surface area contributed by atoms with E-state index in [0.29, 0.717) is 18.7 Å². The minimum absolute atomic E-state index is 0.222. The van der Waals surface area contributed by atoms with Gasteiger partial charge < -0.3 is 10.1 Å². The summed E-state index contributed by atoms with van der Waals surface area (Å²) in [6.07, 6.45) is 0. The van der Waals surface area contributed by atoms with E-state index in [2.05, 4.69) is 10.3 Å². The maximum absolute atomic E-state index is 12.1. The zero-order valence-corrected chi connectivity index (χ0v) is 12.5. The molecule has 0 atom stereocenters. The van der Waals surface area contributed by atoms with Crippen molar-refractivity contribution < 1.29 is 9.53 Å². The van der Waals surface area contributed by atoms with E-state index in [4.69, 9.17) is 16.3 Å². The molecule has 1 aromatic carbocycles. The molecule has 20 heavy (non-hydrogen) atoms. The average Bonchev–Trinajstić information content (AvgIpc) is 2.39. The Bertz CT molecular complexity index is 656. The number of carbonyl (C=O) groups excluding carboxylic acids is 1. The van der Waals surface area contributed by atoms with Gasteiger partial charge in [0, 0.05) is 19.0 Å². The number of benzene rings is 1. The maximum Gasteiger partial charge on any atom is 0.254 e. The summed E-state index contributed by atoms with van der Waals surface area (Å²) in [7, 11) is 1.59. The molecule has 0 aliphatic carbocycles. The smallest absolute Gasteiger partial charge is 0.254 e. The second-order valence-corrected chi connectivity index (χ2v) is 5.09. The molecule has 0 spiro atoms. The van der Waals surface area contributed by atoms with Crippen LogP contribution >= 0.6 is 11.6 Å². The van der Waals surface area contributed by atoms with E-state index in [0.717, 1.165) is 22.0 Å². The van der Waals surface area contributed by atoms with Crippen LogP contribution in [-0.4, -0.2) is 31.2 Å². The van der Waals surface area contributed by atoms with Crippen molar-refractivity contribution in [1.82, 2.24) is 10.3 Å². The molecule has 0 aliphatic rings. The van der Waals surface area contributed by atoms with Gasteiger partial charge in [0.05, 0.1) is 17.7 Å². The van der Waals surface area contributed by atoms with Gasteiger partial charge in [0.25, 0.3) is 5.91 Å². The number of ether oxygens (including phenoxy) is 1. The number of fused-ring (bicyclic) bond motifs is 1. The zero-order chi connectivity index (χ0) is 14.7. The van der Waals surface area contributed by atoms with Gasteiger partial charge in [0.15, 0.2) is 0 Å². The normalized spacial score (nSPS) is 10.8. The van der Waals surface area contributed by atoms with E-state index in [9.17, 15) is 4.79 Å². The van der Waals surface area contributed by atoms with E-state index in [1.54, 1.807) is 13.2 Å². The highest BCUT2D eigenvalue weighted by Crippen LogP contribution is 2.24. The van der Waals surface area contributed by atoms with Crippen molar-refractivity contribution in [2.24, 2.45) is 0 Å². The van der Waals surface area contributed by atoms with Crippen LogP contribution in [0.2, 0.25) is 5.15 Å². The Labute approximate surface area is 123 Å². The number of amides is 1. The van der Waals surface area contributed by atoms with Crippen molar-refractivity contribution >= 4 is 28.4 Å². The van der Waals surface area contributed by atoms with Crippen molar-refractivity contribution in [2.45, 2.75) is 13.8 Å². The summed E-state index contributed by atoms with van der Waals surface area (Å²) in [5.74, 6) is -0.236. The Kier molecular flexibility index (Phi) is 4.57. The first-order chi connectivity index (χ1) is 9.52. The van der Waals surface area contributed by atoms with Crippen LogP contribution in [0.25, 0.3) is 10.9 Å². The molecule has 1 N–H and O–H groups in total. The van der Waals surface area contributed by atoms with E-state index in [1.165, 1.54) is 0 Å². The molecule has 0 bridgehead atoms. The molecular formula is C15H17ClN2O2. The molecule has 2 aromatic rings. The quantitative estimate of drug-likeness (QED) is 0.696. The number of hydrogen-bond donors (Lipinski definition) is 1. The van der Waals surface area contributed by atoms with E-state index in [-0.39, 0.29) is 11.1 Å². The van der Waals surface area contributed by atoms with Gasteiger partial charge in [-0.1, -0.05) is 23.2 Å². The first kappa shape index (κ1) is 14.8. The number of aryl methyl sites for hydroxylation is 2. The molecular weight excluding hydrogens is 276 g/mol. The molecule has 1 amide bonds. The molecule has 0 fully saturated rings. The summed E-state index contributed by atoms with van der Waals surface area (Å²) in [5, 5.41) is 3.89. The van der Waals surface area contributed by atoms with Gasteiger partial charge >= 0.3 is 0 Å². The zero-order valence-electron chi connectivity index (χ0n) is 11.8. The standard InChI is InChI=1S/C15H17ClN2O2/c1-9-6-10(2)13-11(7-9)8-12(14(16)18-13)15(19)17-4-5-20-3/h6-8H,4-5H2,1-3H3,(H,17,19). The van der Waals surface area contributed by atoms with Gasteiger partial charge in [0.2, 0.25) is 0 Å². The molecule has 0 saturated heterocycles. The highest BCUT2D eigenvalue weighted by Gasteiger charge is 2.13. The summed E-state index contributed by atoms with van der Waals surface area (Å²) in [5.41, 5.74) is 3.40. The number of nitrogens with zero attached hydrogens (tertiary/aromatic N) is 1. The van der Waals surface area contributed by atoms with Crippen molar-refractivity contribution in [3.8, 4) is 0 Å². The number of pyridine rings is 1. The predicted octanol–water partition coefficient (Wildman–Crippen LogP) is 2.88. The number of hydrogen-bond acceptors (Lipinski definition) is 3. The Hall–Kier alpha value is -1.65. The third-order valence-corrected chi connectivity index (χ3v) is 3.33. The predicted molar refractivity (Wildman–Crippen MR) is 80.4 cm³/mol. The Morgan fingerprint density at radius 1 is 1.35 bits per heavy atom. The SMILES string of the molecule is COCCNC(=O)c1cc2cc(C)cc(C)c2nc1Cl. The first-order valence-electron chi connectivity index (χ1n) is 6.37. The molecule has 1 heterocycles. The van der Waals surface area contributed by atoms with Gasteiger partial charge in [-0.25, -0.2) is 4.98 Å². The number of carbonyl (C=O) groups is 1.